The van der Waals surface area contributed by atoms with E-state index in [4.69, 9.17) is 0 Å². The molecule has 1 nitrogen and oxygen atoms in total. The van der Waals surface area contributed by atoms with E-state index in [9.17, 15) is 0 Å². The average molecular weight is 245 g/mol. The van der Waals surface area contributed by atoms with Crippen LogP contribution < -0.4 is 5.32 Å². The molecule has 1 N–H and O–H groups in total. The number of rotatable bonds is 5. The lowest BCUT2D eigenvalue weighted by Crippen LogP contribution is -2.10. The summed E-state index contributed by atoms with van der Waals surface area (Å²) in [5.74, 6) is 0. The Hall–Kier alpha value is -1.12. The van der Waals surface area contributed by atoms with Gasteiger partial charge in [-0.3, -0.25) is 0 Å². The maximum Gasteiger partial charge on any atom is 0.0346 e. The first-order valence-corrected chi connectivity index (χ1v) is 7.04. The van der Waals surface area contributed by atoms with Crippen LogP contribution in [0.4, 0.5) is 0 Å². The van der Waals surface area contributed by atoms with Gasteiger partial charge in [0.1, 0.15) is 0 Å². The molecule has 2 heteroatoms. The third kappa shape index (κ3) is 3.18. The van der Waals surface area contributed by atoms with Gasteiger partial charge in [0, 0.05) is 16.3 Å². The average Bonchev–Trinajstić information content (AvgIpc) is 2.85. The number of thiophene rings is 1. The lowest BCUT2D eigenvalue weighted by atomic mass is 10.1. The minimum absolute atomic E-state index is 0.980. The van der Waals surface area contributed by atoms with Crippen LogP contribution in [0.3, 0.4) is 0 Å². The van der Waals surface area contributed by atoms with Crippen LogP contribution in [0.2, 0.25) is 0 Å². The van der Waals surface area contributed by atoms with E-state index in [0.29, 0.717) is 0 Å². The zero-order valence-electron chi connectivity index (χ0n) is 10.5. The number of aryl methyl sites for hydroxylation is 1. The van der Waals surface area contributed by atoms with Gasteiger partial charge in [-0.2, -0.15) is 0 Å². The quantitative estimate of drug-likeness (QED) is 0.836. The van der Waals surface area contributed by atoms with E-state index in [1.807, 2.05) is 11.3 Å². The van der Waals surface area contributed by atoms with Crippen LogP contribution in [0.25, 0.3) is 10.4 Å². The zero-order chi connectivity index (χ0) is 12.1. The molecule has 2 rings (SSSR count). The normalized spacial score (nSPS) is 10.7. The standard InChI is InChI=1S/C15H19NS/c1-3-12-5-7-13(8-6-12)15-10-9-14(17-15)11-16-4-2/h5-10,16H,3-4,11H2,1-2H3. The van der Waals surface area contributed by atoms with Gasteiger partial charge in [0.15, 0.2) is 0 Å². The summed E-state index contributed by atoms with van der Waals surface area (Å²) in [5.41, 5.74) is 2.73. The molecule has 0 aliphatic heterocycles. The Bertz CT molecular complexity index is 456. The second-order valence-corrected chi connectivity index (χ2v) is 5.27. The lowest BCUT2D eigenvalue weighted by molar-refractivity contribution is 0.735. The Morgan fingerprint density at radius 1 is 1.00 bits per heavy atom. The van der Waals surface area contributed by atoms with Gasteiger partial charge in [-0.15, -0.1) is 11.3 Å². The fourth-order valence-corrected chi connectivity index (χ4v) is 2.76. The summed E-state index contributed by atoms with van der Waals surface area (Å²) >= 11 is 1.88. The third-order valence-electron chi connectivity index (χ3n) is 2.86. The Morgan fingerprint density at radius 2 is 1.76 bits per heavy atom. The lowest BCUT2D eigenvalue weighted by Gasteiger charge is -2.00. The van der Waals surface area contributed by atoms with E-state index in [0.717, 1.165) is 19.5 Å². The Morgan fingerprint density at radius 3 is 2.41 bits per heavy atom. The van der Waals surface area contributed by atoms with E-state index in [-0.39, 0.29) is 0 Å². The molecule has 0 atom stereocenters. The van der Waals surface area contributed by atoms with Gasteiger partial charge < -0.3 is 5.32 Å². The molecular weight excluding hydrogens is 226 g/mol. The monoisotopic (exact) mass is 245 g/mol. The van der Waals surface area contributed by atoms with Crippen LogP contribution in [0.15, 0.2) is 36.4 Å². The predicted molar refractivity (Wildman–Crippen MR) is 76.5 cm³/mol. The van der Waals surface area contributed by atoms with Crippen LogP contribution in [0.5, 0.6) is 0 Å². The Balaban J connectivity index is 2.12. The van der Waals surface area contributed by atoms with Gasteiger partial charge in [0.25, 0.3) is 0 Å². The molecule has 0 fully saturated rings. The fourth-order valence-electron chi connectivity index (χ4n) is 1.78. The molecule has 0 radical (unpaired) electrons. The van der Waals surface area contributed by atoms with Crippen molar-refractivity contribution in [1.29, 1.82) is 0 Å². The van der Waals surface area contributed by atoms with Gasteiger partial charge in [0.2, 0.25) is 0 Å². The first-order chi connectivity index (χ1) is 8.33. The largest absolute Gasteiger partial charge is 0.312 e. The molecule has 90 valence electrons. The minimum atomic E-state index is 0.980. The van der Waals surface area contributed by atoms with Crippen molar-refractivity contribution in [3.05, 3.63) is 46.8 Å². The summed E-state index contributed by atoms with van der Waals surface area (Å²) in [6.45, 7) is 6.33. The molecule has 1 aromatic carbocycles. The molecular formula is C15H19NS. The summed E-state index contributed by atoms with van der Waals surface area (Å²) in [4.78, 5) is 2.77. The topological polar surface area (TPSA) is 12.0 Å². The Labute approximate surface area is 108 Å². The van der Waals surface area contributed by atoms with Crippen molar-refractivity contribution in [2.75, 3.05) is 6.54 Å². The van der Waals surface area contributed by atoms with Crippen LogP contribution in [-0.2, 0) is 13.0 Å². The number of hydrogen-bond acceptors (Lipinski definition) is 2. The molecule has 1 heterocycles. The van der Waals surface area contributed by atoms with Gasteiger partial charge in [-0.05, 0) is 36.2 Å². The van der Waals surface area contributed by atoms with Crippen molar-refractivity contribution in [1.82, 2.24) is 5.32 Å². The van der Waals surface area contributed by atoms with E-state index >= 15 is 0 Å². The van der Waals surface area contributed by atoms with Crippen LogP contribution in [-0.4, -0.2) is 6.54 Å². The molecule has 17 heavy (non-hydrogen) atoms. The minimum Gasteiger partial charge on any atom is -0.312 e. The predicted octanol–water partition coefficient (Wildman–Crippen LogP) is 4.09. The molecule has 0 saturated carbocycles. The van der Waals surface area contributed by atoms with Gasteiger partial charge in [-0.1, -0.05) is 38.1 Å². The van der Waals surface area contributed by atoms with E-state index in [1.165, 1.54) is 20.9 Å². The van der Waals surface area contributed by atoms with Crippen molar-refractivity contribution in [3.63, 3.8) is 0 Å². The molecule has 0 unspecified atom stereocenters. The first kappa shape index (κ1) is 12.3. The maximum absolute atomic E-state index is 3.36. The van der Waals surface area contributed by atoms with Gasteiger partial charge >= 0.3 is 0 Å². The molecule has 2 aromatic rings. The van der Waals surface area contributed by atoms with Crippen LogP contribution in [0.1, 0.15) is 24.3 Å². The highest BCUT2D eigenvalue weighted by molar-refractivity contribution is 7.15. The highest BCUT2D eigenvalue weighted by atomic mass is 32.1. The first-order valence-electron chi connectivity index (χ1n) is 6.22. The molecule has 0 amide bonds. The molecule has 0 bridgehead atoms. The molecule has 0 aliphatic rings. The summed E-state index contributed by atoms with van der Waals surface area (Å²) in [7, 11) is 0. The second kappa shape index (κ2) is 5.99. The van der Waals surface area contributed by atoms with Crippen molar-refractivity contribution >= 4 is 11.3 Å². The summed E-state index contributed by atoms with van der Waals surface area (Å²) in [6.07, 6.45) is 1.11. The molecule has 0 aliphatic carbocycles. The highest BCUT2D eigenvalue weighted by Gasteiger charge is 2.02. The molecule has 0 saturated heterocycles. The van der Waals surface area contributed by atoms with Gasteiger partial charge in [0.05, 0.1) is 0 Å². The van der Waals surface area contributed by atoms with E-state index < -0.39 is 0 Å². The van der Waals surface area contributed by atoms with Crippen molar-refractivity contribution in [2.24, 2.45) is 0 Å². The smallest absolute Gasteiger partial charge is 0.0346 e. The van der Waals surface area contributed by atoms with Crippen LogP contribution in [0, 0.1) is 0 Å². The highest BCUT2D eigenvalue weighted by Crippen LogP contribution is 2.28. The zero-order valence-corrected chi connectivity index (χ0v) is 11.3. The fraction of sp³-hybridized carbons (Fsp3) is 0.333. The molecule has 0 spiro atoms. The third-order valence-corrected chi connectivity index (χ3v) is 3.99. The number of hydrogen-bond donors (Lipinski definition) is 1. The van der Waals surface area contributed by atoms with Crippen molar-refractivity contribution < 1.29 is 0 Å². The van der Waals surface area contributed by atoms with E-state index in [2.05, 4.69) is 55.6 Å². The van der Waals surface area contributed by atoms with Crippen molar-refractivity contribution in [2.45, 2.75) is 26.8 Å². The van der Waals surface area contributed by atoms with E-state index in [1.54, 1.807) is 0 Å². The van der Waals surface area contributed by atoms with Crippen molar-refractivity contribution in [3.8, 4) is 10.4 Å². The maximum atomic E-state index is 3.36. The number of benzene rings is 1. The SMILES string of the molecule is CCNCc1ccc(-c2ccc(CC)cc2)s1. The molecule has 1 aromatic heterocycles. The second-order valence-electron chi connectivity index (χ2n) is 4.10. The summed E-state index contributed by atoms with van der Waals surface area (Å²) in [6, 6.07) is 13.3. The Kier molecular flexibility index (Phi) is 4.35. The number of nitrogens with one attached hydrogen (secondary N) is 1. The van der Waals surface area contributed by atoms with Gasteiger partial charge in [-0.25, -0.2) is 0 Å². The summed E-state index contributed by atoms with van der Waals surface area (Å²) < 4.78 is 0. The van der Waals surface area contributed by atoms with Crippen LogP contribution >= 0.6 is 11.3 Å². The summed E-state index contributed by atoms with van der Waals surface area (Å²) in [5, 5.41) is 3.36.